The number of benzene rings is 1. The Labute approximate surface area is 217 Å². The highest BCUT2D eigenvalue weighted by molar-refractivity contribution is 6.74. The van der Waals surface area contributed by atoms with Crippen LogP contribution in [0.4, 0.5) is 8.78 Å². The molecule has 3 aromatic heterocycles. The summed E-state index contributed by atoms with van der Waals surface area (Å²) in [5.74, 6) is 0.305. The molecule has 37 heavy (non-hydrogen) atoms. The monoisotopic (exact) mass is 524 g/mol. The van der Waals surface area contributed by atoms with Crippen molar-refractivity contribution < 1.29 is 13.2 Å². The minimum absolute atomic E-state index is 0.0931. The molecule has 0 unspecified atom stereocenters. The first-order valence-electron chi connectivity index (χ1n) is 12.7. The van der Waals surface area contributed by atoms with E-state index in [0.717, 1.165) is 37.0 Å². The molecule has 0 N–H and O–H groups in total. The van der Waals surface area contributed by atoms with Gasteiger partial charge in [0.05, 0.1) is 5.69 Å². The lowest BCUT2D eigenvalue weighted by molar-refractivity contribution is 0.212. The molecule has 1 aliphatic heterocycles. The van der Waals surface area contributed by atoms with Gasteiger partial charge in [-0.1, -0.05) is 34.6 Å². The van der Waals surface area contributed by atoms with Crippen LogP contribution < -0.4 is 0 Å². The molecule has 0 saturated heterocycles. The van der Waals surface area contributed by atoms with Gasteiger partial charge in [0.2, 0.25) is 0 Å². The standard InChI is InChI=1S/C27H34F2N6OSi/c1-26(2,3)37(6,7)36-16-27(4,5)25-32-31-22-13-12-20(33-35(22)25)24-23(30-21-9-8-14-34(21)24)18-11-10-17(28)15-19(18)29/h10-13,15H,8-9,14,16H2,1-7H3. The third-order valence-corrected chi connectivity index (χ3v) is 12.2. The van der Waals surface area contributed by atoms with Crippen molar-refractivity contribution in [2.24, 2.45) is 0 Å². The Balaban J connectivity index is 1.59. The highest BCUT2D eigenvalue weighted by Gasteiger charge is 2.40. The third kappa shape index (κ3) is 4.50. The molecule has 0 fully saturated rings. The molecular formula is C27H34F2N6OSi. The highest BCUT2D eigenvalue weighted by Crippen LogP contribution is 2.39. The first-order valence-corrected chi connectivity index (χ1v) is 15.6. The maximum atomic E-state index is 14.8. The van der Waals surface area contributed by atoms with Gasteiger partial charge in [-0.05, 0) is 48.8 Å². The zero-order valence-corrected chi connectivity index (χ0v) is 23.6. The summed E-state index contributed by atoms with van der Waals surface area (Å²) in [6, 6.07) is 7.31. The summed E-state index contributed by atoms with van der Waals surface area (Å²) in [5, 5.41) is 13.9. The number of aryl methyl sites for hydroxylation is 1. The molecule has 7 nitrogen and oxygen atoms in total. The van der Waals surface area contributed by atoms with Crippen molar-refractivity contribution in [2.75, 3.05) is 6.61 Å². The highest BCUT2D eigenvalue weighted by atomic mass is 28.4. The van der Waals surface area contributed by atoms with E-state index in [9.17, 15) is 8.78 Å². The molecule has 10 heteroatoms. The summed E-state index contributed by atoms with van der Waals surface area (Å²) in [5.41, 5.74) is 2.24. The van der Waals surface area contributed by atoms with Crippen molar-refractivity contribution in [1.82, 2.24) is 29.4 Å². The Hall–Kier alpha value is -2.98. The van der Waals surface area contributed by atoms with Crippen molar-refractivity contribution in [2.45, 2.75) is 77.6 Å². The maximum Gasteiger partial charge on any atom is 0.192 e. The van der Waals surface area contributed by atoms with Crippen molar-refractivity contribution >= 4 is 14.0 Å². The molecule has 0 atom stereocenters. The minimum Gasteiger partial charge on any atom is -0.416 e. The fourth-order valence-corrected chi connectivity index (χ4v) is 5.59. The molecule has 1 aliphatic rings. The molecule has 0 radical (unpaired) electrons. The predicted octanol–water partition coefficient (Wildman–Crippen LogP) is 6.18. The van der Waals surface area contributed by atoms with Crippen LogP contribution in [0.25, 0.3) is 28.3 Å². The Bertz CT molecular complexity index is 1480. The van der Waals surface area contributed by atoms with E-state index in [1.54, 1.807) is 4.52 Å². The normalized spacial score (nSPS) is 14.5. The van der Waals surface area contributed by atoms with Crippen LogP contribution in [0.2, 0.25) is 18.1 Å². The van der Waals surface area contributed by atoms with E-state index in [1.165, 1.54) is 12.1 Å². The fraction of sp³-hybridized carbons (Fsp3) is 0.481. The minimum atomic E-state index is -1.97. The van der Waals surface area contributed by atoms with Crippen LogP contribution >= 0.6 is 0 Å². The lowest BCUT2D eigenvalue weighted by atomic mass is 9.94. The molecule has 5 rings (SSSR count). The number of imidazole rings is 1. The van der Waals surface area contributed by atoms with Crippen LogP contribution in [-0.4, -0.2) is 44.3 Å². The molecule has 0 amide bonds. The van der Waals surface area contributed by atoms with E-state index in [2.05, 4.69) is 62.5 Å². The second kappa shape index (κ2) is 8.80. The average molecular weight is 525 g/mol. The van der Waals surface area contributed by atoms with Gasteiger partial charge in [0, 0.05) is 36.6 Å². The molecule has 0 spiro atoms. The molecule has 4 aromatic rings. The summed E-state index contributed by atoms with van der Waals surface area (Å²) in [6.45, 7) is 16.6. The molecule has 4 heterocycles. The molecule has 0 aliphatic carbocycles. The zero-order chi connectivity index (χ0) is 26.8. The van der Waals surface area contributed by atoms with Gasteiger partial charge in [0.15, 0.2) is 19.8 Å². The SMILES string of the molecule is CC(C)(CO[Si](C)(C)C(C)(C)C)c1nnc2ccc(-c3c(-c4ccc(F)cc4F)nc4n3CCC4)nn12. The summed E-state index contributed by atoms with van der Waals surface area (Å²) in [4.78, 5) is 4.75. The number of hydrogen-bond acceptors (Lipinski definition) is 5. The van der Waals surface area contributed by atoms with Gasteiger partial charge in [-0.15, -0.1) is 10.2 Å². The summed E-state index contributed by atoms with van der Waals surface area (Å²) < 4.78 is 38.9. The number of halogens is 2. The van der Waals surface area contributed by atoms with Gasteiger partial charge in [-0.3, -0.25) is 0 Å². The van der Waals surface area contributed by atoms with Gasteiger partial charge in [0.1, 0.15) is 28.8 Å². The van der Waals surface area contributed by atoms with Gasteiger partial charge < -0.3 is 8.99 Å². The van der Waals surface area contributed by atoms with E-state index in [-0.39, 0.29) is 10.6 Å². The van der Waals surface area contributed by atoms with Gasteiger partial charge >= 0.3 is 0 Å². The first kappa shape index (κ1) is 25.7. The molecule has 196 valence electrons. The summed E-state index contributed by atoms with van der Waals surface area (Å²) in [7, 11) is -1.97. The summed E-state index contributed by atoms with van der Waals surface area (Å²) >= 11 is 0. The smallest absolute Gasteiger partial charge is 0.192 e. The molecular weight excluding hydrogens is 490 g/mol. The largest absolute Gasteiger partial charge is 0.416 e. The van der Waals surface area contributed by atoms with Crippen molar-refractivity contribution in [3.05, 3.63) is 53.6 Å². The van der Waals surface area contributed by atoms with Crippen LogP contribution in [0.1, 0.15) is 52.7 Å². The second-order valence-electron chi connectivity index (χ2n) is 12.0. The van der Waals surface area contributed by atoms with E-state index < -0.39 is 25.4 Å². The number of rotatable bonds is 6. The Morgan fingerprint density at radius 1 is 1.03 bits per heavy atom. The lowest BCUT2D eigenvalue weighted by Crippen LogP contribution is -2.44. The Kier molecular flexibility index (Phi) is 6.10. The van der Waals surface area contributed by atoms with E-state index >= 15 is 0 Å². The first-order chi connectivity index (χ1) is 17.3. The van der Waals surface area contributed by atoms with Gasteiger partial charge in [-0.2, -0.15) is 9.61 Å². The predicted molar refractivity (Wildman–Crippen MR) is 142 cm³/mol. The van der Waals surface area contributed by atoms with E-state index in [4.69, 9.17) is 14.5 Å². The van der Waals surface area contributed by atoms with Crippen LogP contribution in [0.3, 0.4) is 0 Å². The maximum absolute atomic E-state index is 14.8. The van der Waals surface area contributed by atoms with Crippen molar-refractivity contribution in [3.63, 3.8) is 0 Å². The quantitative estimate of drug-likeness (QED) is 0.282. The van der Waals surface area contributed by atoms with Crippen LogP contribution in [0.15, 0.2) is 30.3 Å². The Morgan fingerprint density at radius 2 is 1.78 bits per heavy atom. The molecule has 0 saturated carbocycles. The van der Waals surface area contributed by atoms with Crippen molar-refractivity contribution in [1.29, 1.82) is 0 Å². The number of hydrogen-bond donors (Lipinski definition) is 0. The third-order valence-electron chi connectivity index (χ3n) is 7.73. The van der Waals surface area contributed by atoms with Crippen LogP contribution in [-0.2, 0) is 22.8 Å². The van der Waals surface area contributed by atoms with Crippen LogP contribution in [0.5, 0.6) is 0 Å². The second-order valence-corrected chi connectivity index (χ2v) is 16.9. The van der Waals surface area contributed by atoms with E-state index in [1.807, 2.05) is 12.1 Å². The number of aromatic nitrogens is 6. The lowest BCUT2D eigenvalue weighted by Gasteiger charge is -2.38. The zero-order valence-electron chi connectivity index (χ0n) is 22.6. The number of nitrogens with zero attached hydrogens (tertiary/aromatic N) is 6. The molecule has 0 bridgehead atoms. The van der Waals surface area contributed by atoms with Gasteiger partial charge in [-0.25, -0.2) is 13.8 Å². The number of fused-ring (bicyclic) bond motifs is 2. The fourth-order valence-electron chi connectivity index (χ4n) is 4.43. The van der Waals surface area contributed by atoms with Crippen molar-refractivity contribution in [3.8, 4) is 22.6 Å². The molecule has 1 aromatic carbocycles. The summed E-state index contributed by atoms with van der Waals surface area (Å²) in [6.07, 6.45) is 1.76. The van der Waals surface area contributed by atoms with Crippen LogP contribution in [0, 0.1) is 11.6 Å². The topological polar surface area (TPSA) is 70.1 Å². The van der Waals surface area contributed by atoms with Gasteiger partial charge in [0.25, 0.3) is 0 Å². The van der Waals surface area contributed by atoms with E-state index in [0.29, 0.717) is 29.5 Å². The Morgan fingerprint density at radius 3 is 2.49 bits per heavy atom. The average Bonchev–Trinajstić information content (AvgIpc) is 3.51.